The van der Waals surface area contributed by atoms with Crippen molar-refractivity contribution in [2.75, 3.05) is 12.0 Å². The Labute approximate surface area is 113 Å². The molecule has 0 saturated carbocycles. The largest absolute Gasteiger partial charge is 0.323 e. The van der Waals surface area contributed by atoms with Crippen LogP contribution in [-0.2, 0) is 15.6 Å². The molecule has 1 N–H and O–H groups in total. The number of nitrogens with zero attached hydrogens (tertiary/aromatic N) is 1. The van der Waals surface area contributed by atoms with Gasteiger partial charge < -0.3 is 4.90 Å². The average Bonchev–Trinajstić information content (AvgIpc) is 2.64. The fourth-order valence-electron chi connectivity index (χ4n) is 2.53. The first kappa shape index (κ1) is 15.6. The summed E-state index contributed by atoms with van der Waals surface area (Å²) >= 11 is 0. The predicted octanol–water partition coefficient (Wildman–Crippen LogP) is 1.48. The number of hydrogen-bond donors (Lipinski definition) is 1. The third-order valence-electron chi connectivity index (χ3n) is 3.54. The smallest absolute Gasteiger partial charge is 0.241 e. The first-order valence-electron chi connectivity index (χ1n) is 6.89. The van der Waals surface area contributed by atoms with Gasteiger partial charge in [-0.1, -0.05) is 20.3 Å². The van der Waals surface area contributed by atoms with Crippen molar-refractivity contribution < 1.29 is 9.00 Å². The second-order valence-electron chi connectivity index (χ2n) is 5.09. The third kappa shape index (κ3) is 3.79. The Balaban J connectivity index is 2.65. The quantitative estimate of drug-likeness (QED) is 0.765. The lowest BCUT2D eigenvalue weighted by atomic mass is 10.1. The van der Waals surface area contributed by atoms with Crippen LogP contribution in [0.15, 0.2) is 0 Å². The molecule has 0 radical (unpaired) electrons. The standard InChI is InChI=1S/C13H26N2O2S/c1-5-7-11-13(16)15(12(6-2)14-11)10(3)8-9-18(4)17/h10-12,14H,5-9H2,1-4H3. The molecule has 1 aliphatic heterocycles. The summed E-state index contributed by atoms with van der Waals surface area (Å²) in [5.41, 5.74) is 0. The Hall–Kier alpha value is -0.420. The molecular formula is C13H26N2O2S. The molecule has 1 fully saturated rings. The number of hydrogen-bond acceptors (Lipinski definition) is 3. The molecule has 5 heteroatoms. The van der Waals surface area contributed by atoms with Crippen molar-refractivity contribution in [1.29, 1.82) is 0 Å². The second kappa shape index (κ2) is 7.24. The molecular weight excluding hydrogens is 248 g/mol. The molecule has 1 rings (SSSR count). The number of carbonyl (C=O) groups excluding carboxylic acids is 1. The van der Waals surface area contributed by atoms with Gasteiger partial charge in [-0.25, -0.2) is 0 Å². The number of amides is 1. The minimum Gasteiger partial charge on any atom is -0.323 e. The number of nitrogens with one attached hydrogen (secondary N) is 1. The van der Waals surface area contributed by atoms with Gasteiger partial charge in [0, 0.05) is 28.9 Å². The normalized spacial score (nSPS) is 27.6. The van der Waals surface area contributed by atoms with Crippen LogP contribution >= 0.6 is 0 Å². The van der Waals surface area contributed by atoms with Crippen LogP contribution in [0.4, 0.5) is 0 Å². The fourth-order valence-corrected chi connectivity index (χ4v) is 3.20. The van der Waals surface area contributed by atoms with Crippen molar-refractivity contribution in [2.24, 2.45) is 0 Å². The summed E-state index contributed by atoms with van der Waals surface area (Å²) in [4.78, 5) is 14.3. The van der Waals surface area contributed by atoms with Gasteiger partial charge in [0.25, 0.3) is 0 Å². The highest BCUT2D eigenvalue weighted by Gasteiger charge is 2.39. The molecule has 4 unspecified atom stereocenters. The van der Waals surface area contributed by atoms with Gasteiger partial charge in [0.1, 0.15) is 0 Å². The molecule has 4 nitrogen and oxygen atoms in total. The van der Waals surface area contributed by atoms with Gasteiger partial charge in [0.15, 0.2) is 0 Å². The molecule has 0 aromatic heterocycles. The average molecular weight is 274 g/mol. The van der Waals surface area contributed by atoms with Crippen LogP contribution in [0.1, 0.15) is 46.5 Å². The molecule has 1 amide bonds. The Kier molecular flexibility index (Phi) is 6.29. The minimum absolute atomic E-state index is 0.0190. The van der Waals surface area contributed by atoms with E-state index in [-0.39, 0.29) is 24.2 Å². The van der Waals surface area contributed by atoms with Gasteiger partial charge >= 0.3 is 0 Å². The molecule has 0 bridgehead atoms. The maximum atomic E-state index is 12.3. The van der Waals surface area contributed by atoms with E-state index in [0.717, 1.165) is 25.7 Å². The first-order chi connectivity index (χ1) is 8.51. The maximum Gasteiger partial charge on any atom is 0.241 e. The summed E-state index contributed by atoms with van der Waals surface area (Å²) in [6, 6.07) is 0.148. The molecule has 0 aliphatic carbocycles. The van der Waals surface area contributed by atoms with Crippen LogP contribution in [0.3, 0.4) is 0 Å². The lowest BCUT2D eigenvalue weighted by Gasteiger charge is -2.29. The number of carbonyl (C=O) groups is 1. The van der Waals surface area contributed by atoms with E-state index in [1.807, 2.05) is 4.90 Å². The van der Waals surface area contributed by atoms with Crippen molar-refractivity contribution in [3.63, 3.8) is 0 Å². The van der Waals surface area contributed by atoms with E-state index in [2.05, 4.69) is 26.1 Å². The molecule has 0 aromatic carbocycles. The van der Waals surface area contributed by atoms with Gasteiger partial charge in [-0.2, -0.15) is 0 Å². The van der Waals surface area contributed by atoms with Crippen molar-refractivity contribution >= 4 is 16.7 Å². The zero-order valence-corrected chi connectivity index (χ0v) is 12.8. The second-order valence-corrected chi connectivity index (χ2v) is 6.65. The highest BCUT2D eigenvalue weighted by atomic mass is 32.2. The predicted molar refractivity (Wildman–Crippen MR) is 75.8 cm³/mol. The van der Waals surface area contributed by atoms with Crippen molar-refractivity contribution in [2.45, 2.75) is 64.7 Å². The van der Waals surface area contributed by atoms with Crippen LogP contribution in [0.2, 0.25) is 0 Å². The molecule has 1 saturated heterocycles. The Morgan fingerprint density at radius 2 is 2.11 bits per heavy atom. The van der Waals surface area contributed by atoms with Gasteiger partial charge in [0.2, 0.25) is 5.91 Å². The van der Waals surface area contributed by atoms with Crippen molar-refractivity contribution in [1.82, 2.24) is 10.2 Å². The zero-order chi connectivity index (χ0) is 13.7. The van der Waals surface area contributed by atoms with Crippen LogP contribution < -0.4 is 5.32 Å². The highest BCUT2D eigenvalue weighted by Crippen LogP contribution is 2.21. The van der Waals surface area contributed by atoms with E-state index >= 15 is 0 Å². The Bertz CT molecular complexity index is 309. The Morgan fingerprint density at radius 1 is 1.44 bits per heavy atom. The van der Waals surface area contributed by atoms with Gasteiger partial charge in [-0.05, 0) is 26.2 Å². The summed E-state index contributed by atoms with van der Waals surface area (Å²) in [7, 11) is -0.781. The zero-order valence-electron chi connectivity index (χ0n) is 11.9. The summed E-state index contributed by atoms with van der Waals surface area (Å²) in [5, 5.41) is 3.41. The lowest BCUT2D eigenvalue weighted by molar-refractivity contribution is -0.132. The summed E-state index contributed by atoms with van der Waals surface area (Å²) in [5.74, 6) is 0.887. The van der Waals surface area contributed by atoms with E-state index in [1.165, 1.54) is 0 Å². The highest BCUT2D eigenvalue weighted by molar-refractivity contribution is 7.84. The van der Waals surface area contributed by atoms with E-state index < -0.39 is 10.8 Å². The molecule has 1 aliphatic rings. The van der Waals surface area contributed by atoms with Crippen LogP contribution in [0.5, 0.6) is 0 Å². The molecule has 18 heavy (non-hydrogen) atoms. The van der Waals surface area contributed by atoms with Crippen LogP contribution in [-0.4, -0.2) is 45.3 Å². The van der Waals surface area contributed by atoms with Crippen LogP contribution in [0.25, 0.3) is 0 Å². The summed E-state index contributed by atoms with van der Waals surface area (Å²) in [6.07, 6.45) is 5.51. The van der Waals surface area contributed by atoms with Gasteiger partial charge in [-0.15, -0.1) is 0 Å². The van der Waals surface area contributed by atoms with E-state index in [1.54, 1.807) is 6.26 Å². The monoisotopic (exact) mass is 274 g/mol. The third-order valence-corrected chi connectivity index (χ3v) is 4.35. The topological polar surface area (TPSA) is 49.4 Å². The maximum absolute atomic E-state index is 12.3. The van der Waals surface area contributed by atoms with E-state index in [9.17, 15) is 9.00 Å². The van der Waals surface area contributed by atoms with E-state index in [4.69, 9.17) is 0 Å². The van der Waals surface area contributed by atoms with Crippen LogP contribution in [0, 0.1) is 0 Å². The summed E-state index contributed by atoms with van der Waals surface area (Å²) < 4.78 is 11.2. The van der Waals surface area contributed by atoms with Gasteiger partial charge in [0.05, 0.1) is 12.2 Å². The van der Waals surface area contributed by atoms with Crippen molar-refractivity contribution in [3.05, 3.63) is 0 Å². The Morgan fingerprint density at radius 3 is 2.61 bits per heavy atom. The lowest BCUT2D eigenvalue weighted by Crippen LogP contribution is -2.43. The molecule has 0 spiro atoms. The minimum atomic E-state index is -0.781. The molecule has 4 atom stereocenters. The SMILES string of the molecule is CCCC1NC(CC)N(C(C)CCS(C)=O)C1=O. The van der Waals surface area contributed by atoms with Gasteiger partial charge in [-0.3, -0.25) is 14.3 Å². The number of rotatable bonds is 7. The first-order valence-corrected chi connectivity index (χ1v) is 8.62. The molecule has 106 valence electrons. The fraction of sp³-hybridized carbons (Fsp3) is 0.923. The molecule has 0 aromatic rings. The summed E-state index contributed by atoms with van der Waals surface area (Å²) in [6.45, 7) is 6.25. The molecule has 1 heterocycles. The van der Waals surface area contributed by atoms with Crippen molar-refractivity contribution in [3.8, 4) is 0 Å². The van der Waals surface area contributed by atoms with E-state index in [0.29, 0.717) is 5.75 Å².